The number of rotatable bonds is 5. The van der Waals surface area contributed by atoms with E-state index < -0.39 is 0 Å². The first-order valence-electron chi connectivity index (χ1n) is 5.94. The lowest BCUT2D eigenvalue weighted by Gasteiger charge is -2.29. The molecule has 0 saturated carbocycles. The minimum Gasteiger partial charge on any atom is -0.303 e. The zero-order valence-electron chi connectivity index (χ0n) is 11.2. The molecule has 0 radical (unpaired) electrons. The largest absolute Gasteiger partial charge is 0.303 e. The third-order valence-corrected chi connectivity index (χ3v) is 3.10. The normalized spacial score (nSPS) is 15.2. The van der Waals surface area contributed by atoms with Crippen LogP contribution in [0.5, 0.6) is 0 Å². The molecule has 1 atom stereocenters. The van der Waals surface area contributed by atoms with Crippen LogP contribution in [0, 0.1) is 11.3 Å². The average molecular weight is 199 g/mol. The van der Waals surface area contributed by atoms with E-state index in [1.54, 1.807) is 0 Å². The SMILES string of the molecule is CC(C)[C@H](C)N(C)CCCC(C)(C)C. The topological polar surface area (TPSA) is 3.24 Å². The lowest BCUT2D eigenvalue weighted by molar-refractivity contribution is 0.195. The molecule has 0 fully saturated rings. The summed E-state index contributed by atoms with van der Waals surface area (Å²) in [5.41, 5.74) is 0.488. The van der Waals surface area contributed by atoms with Gasteiger partial charge in [0.05, 0.1) is 0 Å². The number of hydrogen-bond donors (Lipinski definition) is 0. The molecule has 1 heteroatoms. The van der Waals surface area contributed by atoms with Gasteiger partial charge < -0.3 is 4.90 Å². The summed E-state index contributed by atoms with van der Waals surface area (Å²) in [7, 11) is 2.24. The van der Waals surface area contributed by atoms with E-state index in [0.717, 1.165) is 5.92 Å². The molecule has 0 bridgehead atoms. The van der Waals surface area contributed by atoms with Crippen LogP contribution in [0.1, 0.15) is 54.4 Å². The summed E-state index contributed by atoms with van der Waals surface area (Å²) in [4.78, 5) is 2.48. The Morgan fingerprint density at radius 2 is 1.57 bits per heavy atom. The van der Waals surface area contributed by atoms with Gasteiger partial charge >= 0.3 is 0 Å². The summed E-state index contributed by atoms with van der Waals surface area (Å²) < 4.78 is 0. The first-order chi connectivity index (χ1) is 6.24. The molecule has 0 rings (SSSR count). The first kappa shape index (κ1) is 14.0. The van der Waals surface area contributed by atoms with E-state index in [-0.39, 0.29) is 0 Å². The maximum atomic E-state index is 2.48. The van der Waals surface area contributed by atoms with Crippen molar-refractivity contribution in [3.8, 4) is 0 Å². The highest BCUT2D eigenvalue weighted by Crippen LogP contribution is 2.21. The Morgan fingerprint density at radius 3 is 1.93 bits per heavy atom. The quantitative estimate of drug-likeness (QED) is 0.651. The Morgan fingerprint density at radius 1 is 1.07 bits per heavy atom. The van der Waals surface area contributed by atoms with Gasteiger partial charge in [-0.05, 0) is 44.7 Å². The van der Waals surface area contributed by atoms with Gasteiger partial charge in [-0.3, -0.25) is 0 Å². The van der Waals surface area contributed by atoms with E-state index in [2.05, 4.69) is 53.5 Å². The molecule has 0 saturated heterocycles. The van der Waals surface area contributed by atoms with Crippen LogP contribution in [0.4, 0.5) is 0 Å². The molecule has 0 aromatic rings. The summed E-state index contributed by atoms with van der Waals surface area (Å²) in [6.45, 7) is 15.1. The van der Waals surface area contributed by atoms with Crippen LogP contribution in [-0.2, 0) is 0 Å². The third kappa shape index (κ3) is 6.42. The van der Waals surface area contributed by atoms with Gasteiger partial charge in [-0.25, -0.2) is 0 Å². The summed E-state index contributed by atoms with van der Waals surface area (Å²) in [6, 6.07) is 0.704. The molecular formula is C13H29N. The first-order valence-corrected chi connectivity index (χ1v) is 5.94. The maximum absolute atomic E-state index is 2.48. The standard InChI is InChI=1S/C13H29N/c1-11(2)12(3)14(7)10-8-9-13(4,5)6/h11-12H,8-10H2,1-7H3/t12-/m0/s1. The van der Waals surface area contributed by atoms with Gasteiger partial charge in [0.25, 0.3) is 0 Å². The highest BCUT2D eigenvalue weighted by Gasteiger charge is 2.14. The Hall–Kier alpha value is -0.0400. The highest BCUT2D eigenvalue weighted by atomic mass is 15.1. The smallest absolute Gasteiger partial charge is 0.00868 e. The predicted octanol–water partition coefficient (Wildman–Crippen LogP) is 3.79. The van der Waals surface area contributed by atoms with Crippen LogP contribution in [0.15, 0.2) is 0 Å². The Balaban J connectivity index is 3.69. The number of nitrogens with zero attached hydrogens (tertiary/aromatic N) is 1. The molecule has 0 spiro atoms. The van der Waals surface area contributed by atoms with Crippen molar-refractivity contribution in [3.05, 3.63) is 0 Å². The molecule has 86 valence electrons. The molecule has 0 unspecified atom stereocenters. The van der Waals surface area contributed by atoms with E-state index in [1.165, 1.54) is 19.4 Å². The molecule has 0 N–H and O–H groups in total. The zero-order chi connectivity index (χ0) is 11.4. The fraction of sp³-hybridized carbons (Fsp3) is 1.00. The van der Waals surface area contributed by atoms with Crippen molar-refractivity contribution < 1.29 is 0 Å². The monoisotopic (exact) mass is 199 g/mol. The lowest BCUT2D eigenvalue weighted by atomic mass is 9.90. The van der Waals surface area contributed by atoms with E-state index in [0.29, 0.717) is 11.5 Å². The molecular weight excluding hydrogens is 170 g/mol. The van der Waals surface area contributed by atoms with Crippen molar-refractivity contribution in [1.82, 2.24) is 4.90 Å². The van der Waals surface area contributed by atoms with Crippen LogP contribution in [0.2, 0.25) is 0 Å². The average Bonchev–Trinajstić information content (AvgIpc) is 2.00. The van der Waals surface area contributed by atoms with Crippen LogP contribution < -0.4 is 0 Å². The van der Waals surface area contributed by atoms with E-state index in [9.17, 15) is 0 Å². The molecule has 1 nitrogen and oxygen atoms in total. The summed E-state index contributed by atoms with van der Waals surface area (Å²) in [5.74, 6) is 0.759. The van der Waals surface area contributed by atoms with Crippen molar-refractivity contribution in [2.24, 2.45) is 11.3 Å². The molecule has 14 heavy (non-hydrogen) atoms. The van der Waals surface area contributed by atoms with Gasteiger partial charge in [0.2, 0.25) is 0 Å². The molecule has 0 aromatic carbocycles. The molecule has 0 aromatic heterocycles. The third-order valence-electron chi connectivity index (χ3n) is 3.10. The zero-order valence-corrected chi connectivity index (χ0v) is 11.2. The van der Waals surface area contributed by atoms with Crippen molar-refractivity contribution in [2.75, 3.05) is 13.6 Å². The van der Waals surface area contributed by atoms with Gasteiger partial charge in [0, 0.05) is 6.04 Å². The minimum absolute atomic E-state index is 0.488. The van der Waals surface area contributed by atoms with Crippen molar-refractivity contribution in [1.29, 1.82) is 0 Å². The maximum Gasteiger partial charge on any atom is 0.00868 e. The lowest BCUT2D eigenvalue weighted by Crippen LogP contribution is -2.34. The molecule has 0 heterocycles. The Kier molecular flexibility index (Phi) is 5.73. The fourth-order valence-electron chi connectivity index (χ4n) is 1.57. The second-order valence-electron chi connectivity index (χ2n) is 6.13. The fourth-order valence-corrected chi connectivity index (χ4v) is 1.57. The van der Waals surface area contributed by atoms with Crippen LogP contribution >= 0.6 is 0 Å². The van der Waals surface area contributed by atoms with Gasteiger partial charge in [-0.2, -0.15) is 0 Å². The summed E-state index contributed by atoms with van der Waals surface area (Å²) in [6.07, 6.45) is 2.64. The van der Waals surface area contributed by atoms with Crippen molar-refractivity contribution in [2.45, 2.75) is 60.4 Å². The molecule has 0 aliphatic heterocycles. The van der Waals surface area contributed by atoms with Crippen molar-refractivity contribution in [3.63, 3.8) is 0 Å². The summed E-state index contributed by atoms with van der Waals surface area (Å²) in [5, 5.41) is 0. The highest BCUT2D eigenvalue weighted by molar-refractivity contribution is 4.68. The second-order valence-corrected chi connectivity index (χ2v) is 6.13. The van der Waals surface area contributed by atoms with Gasteiger partial charge in [0.15, 0.2) is 0 Å². The van der Waals surface area contributed by atoms with Crippen LogP contribution in [-0.4, -0.2) is 24.5 Å². The Labute approximate surface area is 90.9 Å². The molecule has 0 aliphatic rings. The van der Waals surface area contributed by atoms with Gasteiger partial charge in [0.1, 0.15) is 0 Å². The number of hydrogen-bond acceptors (Lipinski definition) is 1. The van der Waals surface area contributed by atoms with Crippen LogP contribution in [0.3, 0.4) is 0 Å². The summed E-state index contributed by atoms with van der Waals surface area (Å²) >= 11 is 0. The minimum atomic E-state index is 0.488. The second kappa shape index (κ2) is 5.75. The van der Waals surface area contributed by atoms with Crippen molar-refractivity contribution >= 4 is 0 Å². The molecule has 0 aliphatic carbocycles. The van der Waals surface area contributed by atoms with E-state index in [4.69, 9.17) is 0 Å². The Bertz CT molecular complexity index is 144. The van der Waals surface area contributed by atoms with E-state index in [1.807, 2.05) is 0 Å². The van der Waals surface area contributed by atoms with Gasteiger partial charge in [-0.1, -0.05) is 34.6 Å². The van der Waals surface area contributed by atoms with Crippen LogP contribution in [0.25, 0.3) is 0 Å². The van der Waals surface area contributed by atoms with E-state index >= 15 is 0 Å². The predicted molar refractivity (Wildman–Crippen MR) is 65.6 cm³/mol. The molecule has 0 amide bonds. The van der Waals surface area contributed by atoms with Gasteiger partial charge in [-0.15, -0.1) is 0 Å².